The van der Waals surface area contributed by atoms with Crippen LogP contribution in [0, 0.1) is 6.92 Å². The van der Waals surface area contributed by atoms with Gasteiger partial charge < -0.3 is 9.84 Å². The molecule has 0 atom stereocenters. The van der Waals surface area contributed by atoms with Gasteiger partial charge in [-0.05, 0) is 25.1 Å². The summed E-state index contributed by atoms with van der Waals surface area (Å²) in [6.45, 7) is 1.85. The number of nitrogens with zero attached hydrogens (tertiary/aromatic N) is 2. The standard InChI is InChI=1S/C12H13ClN2O2/c1-8-9(7-16)6-14-15(8)11-5-10(13)3-4-12(11)17-2/h3-6,16H,7H2,1-2H3. The summed E-state index contributed by atoms with van der Waals surface area (Å²) in [4.78, 5) is 0. The lowest BCUT2D eigenvalue weighted by molar-refractivity contribution is 0.281. The molecule has 1 aromatic carbocycles. The summed E-state index contributed by atoms with van der Waals surface area (Å²) >= 11 is 5.97. The van der Waals surface area contributed by atoms with Gasteiger partial charge in [-0.2, -0.15) is 5.10 Å². The molecule has 0 amide bonds. The van der Waals surface area contributed by atoms with E-state index in [9.17, 15) is 0 Å². The molecule has 0 aliphatic rings. The van der Waals surface area contributed by atoms with Crippen LogP contribution < -0.4 is 4.74 Å². The zero-order valence-electron chi connectivity index (χ0n) is 9.64. The first-order valence-electron chi connectivity index (χ1n) is 5.15. The number of ether oxygens (including phenoxy) is 1. The number of benzene rings is 1. The summed E-state index contributed by atoms with van der Waals surface area (Å²) in [6.07, 6.45) is 1.63. The molecule has 1 aromatic heterocycles. The number of hydrogen-bond donors (Lipinski definition) is 1. The Hall–Kier alpha value is -1.52. The minimum absolute atomic E-state index is 0.0330. The van der Waals surface area contributed by atoms with Gasteiger partial charge >= 0.3 is 0 Å². The van der Waals surface area contributed by atoms with Crippen LogP contribution in [0.15, 0.2) is 24.4 Å². The molecule has 0 saturated carbocycles. The molecule has 0 radical (unpaired) electrons. The van der Waals surface area contributed by atoms with Crippen molar-refractivity contribution in [2.75, 3.05) is 7.11 Å². The maximum absolute atomic E-state index is 9.15. The second-order valence-corrected chi connectivity index (χ2v) is 4.08. The molecule has 0 aliphatic carbocycles. The first kappa shape index (κ1) is 12.0. The Bertz CT molecular complexity index is 537. The van der Waals surface area contributed by atoms with Gasteiger partial charge in [0.25, 0.3) is 0 Å². The Labute approximate surface area is 104 Å². The van der Waals surface area contributed by atoms with Crippen LogP contribution in [0.3, 0.4) is 0 Å². The normalized spacial score (nSPS) is 10.6. The third-order valence-corrected chi connectivity index (χ3v) is 2.89. The van der Waals surface area contributed by atoms with Gasteiger partial charge in [-0.25, -0.2) is 4.68 Å². The number of methoxy groups -OCH3 is 1. The van der Waals surface area contributed by atoms with Crippen molar-refractivity contribution in [2.24, 2.45) is 0 Å². The molecule has 4 nitrogen and oxygen atoms in total. The quantitative estimate of drug-likeness (QED) is 0.912. The molecule has 90 valence electrons. The molecule has 2 aromatic rings. The van der Waals surface area contributed by atoms with Crippen molar-refractivity contribution in [3.63, 3.8) is 0 Å². The topological polar surface area (TPSA) is 47.3 Å². The van der Waals surface area contributed by atoms with E-state index in [0.717, 1.165) is 16.9 Å². The summed E-state index contributed by atoms with van der Waals surface area (Å²) in [5.74, 6) is 0.685. The highest BCUT2D eigenvalue weighted by Gasteiger charge is 2.12. The van der Waals surface area contributed by atoms with Crippen molar-refractivity contribution in [1.29, 1.82) is 0 Å². The molecule has 5 heteroatoms. The molecule has 0 unspecified atom stereocenters. The smallest absolute Gasteiger partial charge is 0.144 e. The Morgan fingerprint density at radius 3 is 2.82 bits per heavy atom. The van der Waals surface area contributed by atoms with Crippen LogP contribution in [0.2, 0.25) is 5.02 Å². The maximum atomic E-state index is 9.15. The van der Waals surface area contributed by atoms with Crippen LogP contribution in [0.4, 0.5) is 0 Å². The summed E-state index contributed by atoms with van der Waals surface area (Å²) in [7, 11) is 1.60. The Morgan fingerprint density at radius 2 is 2.24 bits per heavy atom. The monoisotopic (exact) mass is 252 g/mol. The number of aliphatic hydroxyl groups is 1. The number of aromatic nitrogens is 2. The first-order chi connectivity index (χ1) is 8.17. The highest BCUT2D eigenvalue weighted by atomic mass is 35.5. The minimum Gasteiger partial charge on any atom is -0.494 e. The van der Waals surface area contributed by atoms with Crippen LogP contribution in [0.5, 0.6) is 5.75 Å². The first-order valence-corrected chi connectivity index (χ1v) is 5.53. The predicted molar refractivity (Wildman–Crippen MR) is 65.8 cm³/mol. The Morgan fingerprint density at radius 1 is 1.47 bits per heavy atom. The third kappa shape index (κ3) is 2.14. The maximum Gasteiger partial charge on any atom is 0.144 e. The highest BCUT2D eigenvalue weighted by Crippen LogP contribution is 2.27. The van der Waals surface area contributed by atoms with Crippen molar-refractivity contribution in [3.8, 4) is 11.4 Å². The van der Waals surface area contributed by atoms with E-state index in [4.69, 9.17) is 21.4 Å². The molecule has 0 bridgehead atoms. The van der Waals surface area contributed by atoms with Gasteiger partial charge in [-0.1, -0.05) is 11.6 Å². The molecule has 0 fully saturated rings. The third-order valence-electron chi connectivity index (χ3n) is 2.65. The van der Waals surface area contributed by atoms with Crippen LogP contribution in [0.25, 0.3) is 5.69 Å². The molecule has 1 N–H and O–H groups in total. The van der Waals surface area contributed by atoms with Gasteiger partial charge in [-0.3, -0.25) is 0 Å². The second kappa shape index (κ2) is 4.77. The van der Waals surface area contributed by atoms with Crippen molar-refractivity contribution >= 4 is 11.6 Å². The van der Waals surface area contributed by atoms with E-state index in [1.54, 1.807) is 36.2 Å². The van der Waals surface area contributed by atoms with Gasteiger partial charge in [-0.15, -0.1) is 0 Å². The van der Waals surface area contributed by atoms with Crippen LogP contribution >= 0.6 is 11.6 Å². The number of rotatable bonds is 3. The number of halogens is 1. The fourth-order valence-corrected chi connectivity index (χ4v) is 1.84. The predicted octanol–water partition coefficient (Wildman–Crippen LogP) is 2.34. The molecule has 0 saturated heterocycles. The van der Waals surface area contributed by atoms with Gasteiger partial charge in [0.15, 0.2) is 0 Å². The summed E-state index contributed by atoms with van der Waals surface area (Å²) in [5.41, 5.74) is 2.41. The van der Waals surface area contributed by atoms with Crippen molar-refractivity contribution in [3.05, 3.63) is 40.7 Å². The summed E-state index contributed by atoms with van der Waals surface area (Å²) in [5, 5.41) is 14.0. The van der Waals surface area contributed by atoms with E-state index in [-0.39, 0.29) is 6.61 Å². The molecule has 17 heavy (non-hydrogen) atoms. The Kier molecular flexibility index (Phi) is 3.36. The average Bonchev–Trinajstić information content (AvgIpc) is 2.70. The lowest BCUT2D eigenvalue weighted by Crippen LogP contribution is -2.02. The van der Waals surface area contributed by atoms with Crippen molar-refractivity contribution < 1.29 is 9.84 Å². The van der Waals surface area contributed by atoms with E-state index in [0.29, 0.717) is 10.8 Å². The summed E-state index contributed by atoms with van der Waals surface area (Å²) in [6, 6.07) is 5.33. The molecule has 2 rings (SSSR count). The van der Waals surface area contributed by atoms with Gasteiger partial charge in [0.1, 0.15) is 11.4 Å². The zero-order chi connectivity index (χ0) is 12.4. The van der Waals surface area contributed by atoms with Gasteiger partial charge in [0.05, 0.1) is 19.9 Å². The molecule has 0 aliphatic heterocycles. The van der Waals surface area contributed by atoms with E-state index >= 15 is 0 Å². The Balaban J connectivity index is 2.58. The van der Waals surface area contributed by atoms with Crippen molar-refractivity contribution in [1.82, 2.24) is 9.78 Å². The van der Waals surface area contributed by atoms with E-state index in [1.165, 1.54) is 0 Å². The van der Waals surface area contributed by atoms with Crippen LogP contribution in [-0.2, 0) is 6.61 Å². The van der Waals surface area contributed by atoms with E-state index < -0.39 is 0 Å². The van der Waals surface area contributed by atoms with Crippen molar-refractivity contribution in [2.45, 2.75) is 13.5 Å². The molecular formula is C12H13ClN2O2. The zero-order valence-corrected chi connectivity index (χ0v) is 10.4. The van der Waals surface area contributed by atoms with Gasteiger partial charge in [0.2, 0.25) is 0 Å². The SMILES string of the molecule is COc1ccc(Cl)cc1-n1ncc(CO)c1C. The highest BCUT2D eigenvalue weighted by molar-refractivity contribution is 6.30. The minimum atomic E-state index is -0.0330. The molecule has 0 spiro atoms. The average molecular weight is 253 g/mol. The molecule has 1 heterocycles. The number of hydrogen-bond acceptors (Lipinski definition) is 3. The number of aliphatic hydroxyl groups excluding tert-OH is 1. The second-order valence-electron chi connectivity index (χ2n) is 3.64. The largest absolute Gasteiger partial charge is 0.494 e. The molecular weight excluding hydrogens is 240 g/mol. The fraction of sp³-hybridized carbons (Fsp3) is 0.250. The fourth-order valence-electron chi connectivity index (χ4n) is 1.67. The van der Waals surface area contributed by atoms with E-state index in [2.05, 4.69) is 5.10 Å². The lowest BCUT2D eigenvalue weighted by Gasteiger charge is -2.10. The van der Waals surface area contributed by atoms with Crippen LogP contribution in [-0.4, -0.2) is 22.0 Å². The summed E-state index contributed by atoms with van der Waals surface area (Å²) < 4.78 is 6.98. The lowest BCUT2D eigenvalue weighted by atomic mass is 10.2. The van der Waals surface area contributed by atoms with E-state index in [1.807, 2.05) is 6.92 Å². The van der Waals surface area contributed by atoms with Crippen LogP contribution in [0.1, 0.15) is 11.3 Å². The van der Waals surface area contributed by atoms with Gasteiger partial charge in [0, 0.05) is 16.3 Å².